The number of aromatic nitrogens is 1. The highest BCUT2D eigenvalue weighted by molar-refractivity contribution is 5.75. The molecule has 4 nitrogen and oxygen atoms in total. The van der Waals surface area contributed by atoms with Crippen LogP contribution in [0.2, 0.25) is 0 Å². The van der Waals surface area contributed by atoms with E-state index in [4.69, 9.17) is 0 Å². The summed E-state index contributed by atoms with van der Waals surface area (Å²) in [6.07, 6.45) is 3.95. The van der Waals surface area contributed by atoms with E-state index in [1.54, 1.807) is 25.1 Å². The van der Waals surface area contributed by atoms with E-state index >= 15 is 0 Å². The van der Waals surface area contributed by atoms with Gasteiger partial charge in [-0.15, -0.1) is 0 Å². The summed E-state index contributed by atoms with van der Waals surface area (Å²) in [6, 6.07) is 3.60. The average Bonchev–Trinajstić information content (AvgIpc) is 2.65. The van der Waals surface area contributed by atoms with Crippen LogP contribution in [0.1, 0.15) is 23.3 Å². The third-order valence-corrected chi connectivity index (χ3v) is 2.27. The van der Waals surface area contributed by atoms with Crippen LogP contribution in [0.3, 0.4) is 0 Å². The molecule has 1 aromatic heterocycles. The van der Waals surface area contributed by atoms with Gasteiger partial charge in [-0.25, -0.2) is 0 Å². The molecule has 1 amide bonds. The van der Waals surface area contributed by atoms with E-state index in [0.29, 0.717) is 18.7 Å². The first kappa shape index (κ1) is 11.5. The minimum absolute atomic E-state index is 0.120. The summed E-state index contributed by atoms with van der Waals surface area (Å²) in [6.45, 7) is 0.709. The van der Waals surface area contributed by atoms with Crippen molar-refractivity contribution in [2.24, 2.45) is 0 Å². The van der Waals surface area contributed by atoms with Crippen LogP contribution >= 0.6 is 0 Å². The van der Waals surface area contributed by atoms with Gasteiger partial charge in [0.15, 0.2) is 6.29 Å². The molecule has 0 radical (unpaired) electrons. The number of hydrogen-bond donors (Lipinski definition) is 0. The Morgan fingerprint density at radius 2 is 2.27 bits per heavy atom. The summed E-state index contributed by atoms with van der Waals surface area (Å²) in [4.78, 5) is 23.5. The van der Waals surface area contributed by atoms with Crippen molar-refractivity contribution in [3.8, 4) is 0 Å². The molecule has 0 fully saturated rings. The summed E-state index contributed by atoms with van der Waals surface area (Å²) in [7, 11) is 3.49. The SMILES string of the molecule is CN(C)C(=O)CCCn1cccc1C=O. The first-order chi connectivity index (χ1) is 7.15. The Hall–Kier alpha value is -1.58. The monoisotopic (exact) mass is 208 g/mol. The third-order valence-electron chi connectivity index (χ3n) is 2.27. The molecule has 0 saturated carbocycles. The molecule has 0 spiro atoms. The van der Waals surface area contributed by atoms with Crippen molar-refractivity contribution in [1.29, 1.82) is 0 Å². The zero-order valence-electron chi connectivity index (χ0n) is 9.14. The number of carbonyl (C=O) groups excluding carboxylic acids is 2. The molecule has 0 bridgehead atoms. The normalized spacial score (nSPS) is 10.0. The third kappa shape index (κ3) is 3.23. The standard InChI is InChI=1S/C11H16N2O2/c1-12(2)11(15)6-4-8-13-7-3-5-10(13)9-14/h3,5,7,9H,4,6,8H2,1-2H3. The zero-order chi connectivity index (χ0) is 11.3. The summed E-state index contributed by atoms with van der Waals surface area (Å²) >= 11 is 0. The van der Waals surface area contributed by atoms with Crippen LogP contribution in [-0.2, 0) is 11.3 Å². The van der Waals surface area contributed by atoms with Gasteiger partial charge >= 0.3 is 0 Å². The fourth-order valence-corrected chi connectivity index (χ4v) is 1.36. The molecule has 15 heavy (non-hydrogen) atoms. The van der Waals surface area contributed by atoms with Crippen LogP contribution < -0.4 is 0 Å². The fourth-order valence-electron chi connectivity index (χ4n) is 1.36. The number of amides is 1. The average molecular weight is 208 g/mol. The number of aryl methyl sites for hydroxylation is 1. The molecular formula is C11H16N2O2. The zero-order valence-corrected chi connectivity index (χ0v) is 9.14. The van der Waals surface area contributed by atoms with Crippen molar-refractivity contribution in [3.63, 3.8) is 0 Å². The topological polar surface area (TPSA) is 42.3 Å². The van der Waals surface area contributed by atoms with Gasteiger partial charge in [0.2, 0.25) is 5.91 Å². The Kier molecular flexibility index (Phi) is 4.09. The quantitative estimate of drug-likeness (QED) is 0.682. The molecular weight excluding hydrogens is 192 g/mol. The minimum Gasteiger partial charge on any atom is -0.349 e. The van der Waals surface area contributed by atoms with Gasteiger partial charge in [-0.1, -0.05) is 0 Å². The first-order valence-corrected chi connectivity index (χ1v) is 4.95. The van der Waals surface area contributed by atoms with Gasteiger partial charge in [-0.3, -0.25) is 9.59 Å². The molecule has 0 aliphatic carbocycles. The molecule has 0 aliphatic rings. The second kappa shape index (κ2) is 5.34. The second-order valence-corrected chi connectivity index (χ2v) is 3.64. The van der Waals surface area contributed by atoms with E-state index in [9.17, 15) is 9.59 Å². The van der Waals surface area contributed by atoms with E-state index in [1.165, 1.54) is 0 Å². The number of hydrogen-bond acceptors (Lipinski definition) is 2. The Morgan fingerprint density at radius 1 is 1.53 bits per heavy atom. The highest BCUT2D eigenvalue weighted by Gasteiger charge is 2.04. The van der Waals surface area contributed by atoms with E-state index in [-0.39, 0.29) is 5.91 Å². The van der Waals surface area contributed by atoms with Gasteiger partial charge in [0.25, 0.3) is 0 Å². The molecule has 0 unspecified atom stereocenters. The highest BCUT2D eigenvalue weighted by atomic mass is 16.2. The van der Waals surface area contributed by atoms with Crippen molar-refractivity contribution in [2.75, 3.05) is 14.1 Å². The number of rotatable bonds is 5. The van der Waals surface area contributed by atoms with Crippen LogP contribution in [-0.4, -0.2) is 35.8 Å². The van der Waals surface area contributed by atoms with Crippen LogP contribution in [0.25, 0.3) is 0 Å². The molecule has 0 atom stereocenters. The predicted octanol–water partition coefficient (Wildman–Crippen LogP) is 1.17. The maximum atomic E-state index is 11.3. The Balaban J connectivity index is 2.38. The molecule has 4 heteroatoms. The van der Waals surface area contributed by atoms with Gasteiger partial charge in [-0.05, 0) is 18.6 Å². The number of nitrogens with zero attached hydrogens (tertiary/aromatic N) is 2. The number of carbonyl (C=O) groups is 2. The van der Waals surface area contributed by atoms with Gasteiger partial charge in [-0.2, -0.15) is 0 Å². The largest absolute Gasteiger partial charge is 0.349 e. The first-order valence-electron chi connectivity index (χ1n) is 4.95. The van der Waals surface area contributed by atoms with E-state index < -0.39 is 0 Å². The minimum atomic E-state index is 0.120. The van der Waals surface area contributed by atoms with Crippen LogP contribution in [0.4, 0.5) is 0 Å². The molecule has 82 valence electrons. The number of aldehydes is 1. The lowest BCUT2D eigenvalue weighted by atomic mass is 10.3. The lowest BCUT2D eigenvalue weighted by Crippen LogP contribution is -2.21. The molecule has 1 aromatic rings. The van der Waals surface area contributed by atoms with Crippen molar-refractivity contribution in [1.82, 2.24) is 9.47 Å². The predicted molar refractivity (Wildman–Crippen MR) is 57.7 cm³/mol. The molecule has 0 saturated heterocycles. The molecule has 1 heterocycles. The van der Waals surface area contributed by atoms with Crippen molar-refractivity contribution in [2.45, 2.75) is 19.4 Å². The maximum absolute atomic E-state index is 11.3. The lowest BCUT2D eigenvalue weighted by molar-refractivity contribution is -0.128. The molecule has 0 aliphatic heterocycles. The van der Waals surface area contributed by atoms with E-state index in [1.807, 2.05) is 16.8 Å². The van der Waals surface area contributed by atoms with E-state index in [0.717, 1.165) is 12.7 Å². The Bertz CT molecular complexity index is 342. The van der Waals surface area contributed by atoms with Crippen LogP contribution in [0.5, 0.6) is 0 Å². The van der Waals surface area contributed by atoms with Gasteiger partial charge < -0.3 is 9.47 Å². The molecule has 0 aromatic carbocycles. The summed E-state index contributed by atoms with van der Waals surface area (Å²) < 4.78 is 1.86. The van der Waals surface area contributed by atoms with Crippen molar-refractivity contribution >= 4 is 12.2 Å². The maximum Gasteiger partial charge on any atom is 0.222 e. The van der Waals surface area contributed by atoms with Crippen molar-refractivity contribution < 1.29 is 9.59 Å². The fraction of sp³-hybridized carbons (Fsp3) is 0.455. The Morgan fingerprint density at radius 3 is 2.87 bits per heavy atom. The summed E-state index contributed by atoms with van der Waals surface area (Å²) in [5, 5.41) is 0. The lowest BCUT2D eigenvalue weighted by Gasteiger charge is -2.10. The second-order valence-electron chi connectivity index (χ2n) is 3.64. The molecule has 1 rings (SSSR count). The smallest absolute Gasteiger partial charge is 0.222 e. The molecule has 0 N–H and O–H groups in total. The summed E-state index contributed by atoms with van der Waals surface area (Å²) in [5.41, 5.74) is 0.660. The van der Waals surface area contributed by atoms with E-state index in [2.05, 4.69) is 0 Å². The van der Waals surface area contributed by atoms with Crippen LogP contribution in [0.15, 0.2) is 18.3 Å². The highest BCUT2D eigenvalue weighted by Crippen LogP contribution is 2.03. The van der Waals surface area contributed by atoms with Crippen LogP contribution in [0, 0.1) is 0 Å². The van der Waals surface area contributed by atoms with Gasteiger partial charge in [0.1, 0.15) is 0 Å². The van der Waals surface area contributed by atoms with Gasteiger partial charge in [0.05, 0.1) is 5.69 Å². The summed E-state index contributed by atoms with van der Waals surface area (Å²) in [5.74, 6) is 0.120. The van der Waals surface area contributed by atoms with Gasteiger partial charge in [0, 0.05) is 33.3 Å². The Labute approximate surface area is 89.5 Å². The van der Waals surface area contributed by atoms with Crippen molar-refractivity contribution in [3.05, 3.63) is 24.0 Å².